The third-order valence-electron chi connectivity index (χ3n) is 4.30. The van der Waals surface area contributed by atoms with E-state index in [1.807, 2.05) is 6.07 Å². The van der Waals surface area contributed by atoms with Crippen LogP contribution in [-0.2, 0) is 6.42 Å². The molecule has 1 aliphatic rings. The fourth-order valence-corrected chi connectivity index (χ4v) is 2.99. The van der Waals surface area contributed by atoms with Crippen molar-refractivity contribution in [1.29, 1.82) is 0 Å². The molecule has 2 heterocycles. The number of nitrogens with two attached hydrogens (primary N) is 2. The molecule has 0 spiro atoms. The van der Waals surface area contributed by atoms with E-state index >= 15 is 0 Å². The van der Waals surface area contributed by atoms with E-state index < -0.39 is 4.92 Å². The van der Waals surface area contributed by atoms with Crippen LogP contribution in [0.3, 0.4) is 0 Å². The van der Waals surface area contributed by atoms with Gasteiger partial charge in [0.1, 0.15) is 11.5 Å². The van der Waals surface area contributed by atoms with E-state index in [0.717, 1.165) is 43.9 Å². The molecule has 1 aliphatic heterocycles. The van der Waals surface area contributed by atoms with Crippen molar-refractivity contribution < 1.29 is 4.92 Å². The lowest BCUT2D eigenvalue weighted by atomic mass is 10.2. The number of hydrogen-bond acceptors (Lipinski definition) is 8. The molecule has 1 saturated heterocycles. The number of nitro groups is 1. The number of nitrogens with zero attached hydrogens (tertiary/aromatic N) is 4. The SMILES string of the molecule is CCCc1cc(N2CCC(N)C2)nc(Nc2ccc(N)c([N+](=O)[O-])c2)n1. The van der Waals surface area contributed by atoms with Gasteiger partial charge in [0.25, 0.3) is 5.69 Å². The molecule has 5 N–H and O–H groups in total. The summed E-state index contributed by atoms with van der Waals surface area (Å²) in [5, 5.41) is 14.1. The molecule has 26 heavy (non-hydrogen) atoms. The van der Waals surface area contributed by atoms with Crippen molar-refractivity contribution in [3.8, 4) is 0 Å². The molecule has 2 aromatic rings. The topological polar surface area (TPSA) is 136 Å². The Morgan fingerprint density at radius 1 is 1.38 bits per heavy atom. The van der Waals surface area contributed by atoms with Crippen LogP contribution < -0.4 is 21.7 Å². The van der Waals surface area contributed by atoms with Gasteiger partial charge in [0.2, 0.25) is 5.95 Å². The molecular weight excluding hydrogens is 334 g/mol. The van der Waals surface area contributed by atoms with Crippen molar-refractivity contribution in [2.24, 2.45) is 5.73 Å². The zero-order chi connectivity index (χ0) is 18.7. The van der Waals surface area contributed by atoms with Crippen LogP contribution >= 0.6 is 0 Å². The molecule has 138 valence electrons. The van der Waals surface area contributed by atoms with Crippen LogP contribution in [0.1, 0.15) is 25.5 Å². The molecular formula is C17H23N7O2. The van der Waals surface area contributed by atoms with E-state index in [4.69, 9.17) is 11.5 Å². The van der Waals surface area contributed by atoms with Crippen molar-refractivity contribution >= 4 is 28.8 Å². The third kappa shape index (κ3) is 3.99. The number of nitrogens with one attached hydrogen (secondary N) is 1. The van der Waals surface area contributed by atoms with Crippen LogP contribution in [-0.4, -0.2) is 34.0 Å². The summed E-state index contributed by atoms with van der Waals surface area (Å²) in [6.07, 6.45) is 2.72. The van der Waals surface area contributed by atoms with E-state index in [9.17, 15) is 10.1 Å². The summed E-state index contributed by atoms with van der Waals surface area (Å²) >= 11 is 0. The van der Waals surface area contributed by atoms with Gasteiger partial charge in [-0.1, -0.05) is 13.3 Å². The van der Waals surface area contributed by atoms with Gasteiger partial charge in [-0.3, -0.25) is 10.1 Å². The predicted octanol–water partition coefficient (Wildman–Crippen LogP) is 2.20. The van der Waals surface area contributed by atoms with Crippen molar-refractivity contribution in [2.45, 2.75) is 32.2 Å². The van der Waals surface area contributed by atoms with Crippen LogP contribution in [0, 0.1) is 10.1 Å². The zero-order valence-corrected chi connectivity index (χ0v) is 14.7. The summed E-state index contributed by atoms with van der Waals surface area (Å²) in [7, 11) is 0. The van der Waals surface area contributed by atoms with Gasteiger partial charge in [-0.05, 0) is 25.0 Å². The van der Waals surface area contributed by atoms with Crippen LogP contribution in [0.15, 0.2) is 24.3 Å². The van der Waals surface area contributed by atoms with Crippen molar-refractivity contribution in [2.75, 3.05) is 29.0 Å². The summed E-state index contributed by atoms with van der Waals surface area (Å²) in [5.41, 5.74) is 13.1. The monoisotopic (exact) mass is 357 g/mol. The Morgan fingerprint density at radius 2 is 2.19 bits per heavy atom. The maximum Gasteiger partial charge on any atom is 0.294 e. The van der Waals surface area contributed by atoms with Crippen molar-refractivity contribution in [3.63, 3.8) is 0 Å². The first-order valence-corrected chi connectivity index (χ1v) is 8.65. The smallest absolute Gasteiger partial charge is 0.294 e. The molecule has 1 aromatic heterocycles. The maximum atomic E-state index is 11.1. The minimum atomic E-state index is -0.508. The van der Waals surface area contributed by atoms with Gasteiger partial charge < -0.3 is 21.7 Å². The highest BCUT2D eigenvalue weighted by Crippen LogP contribution is 2.27. The minimum Gasteiger partial charge on any atom is -0.393 e. The highest BCUT2D eigenvalue weighted by Gasteiger charge is 2.21. The van der Waals surface area contributed by atoms with Crippen LogP contribution in [0.25, 0.3) is 0 Å². The number of hydrogen-bond donors (Lipinski definition) is 3. The van der Waals surface area contributed by atoms with Gasteiger partial charge in [-0.25, -0.2) is 4.98 Å². The largest absolute Gasteiger partial charge is 0.393 e. The summed E-state index contributed by atoms with van der Waals surface area (Å²) in [5.74, 6) is 1.23. The Labute approximate surface area is 151 Å². The predicted molar refractivity (Wildman–Crippen MR) is 102 cm³/mol. The summed E-state index contributed by atoms with van der Waals surface area (Å²) in [6.45, 7) is 3.70. The van der Waals surface area contributed by atoms with Gasteiger partial charge >= 0.3 is 0 Å². The normalized spacial score (nSPS) is 16.7. The third-order valence-corrected chi connectivity index (χ3v) is 4.30. The lowest BCUT2D eigenvalue weighted by Gasteiger charge is -2.19. The van der Waals surface area contributed by atoms with Crippen LogP contribution in [0.2, 0.25) is 0 Å². The standard InChI is InChI=1S/C17H23N7O2/c1-2-3-12-9-16(23-7-6-11(18)10-23)22-17(20-12)21-13-4-5-14(19)15(8-13)24(25)26/h4-5,8-9,11H,2-3,6-7,10,18-19H2,1H3,(H,20,21,22). The van der Waals surface area contributed by atoms with Gasteiger partial charge in [0.15, 0.2) is 0 Å². The maximum absolute atomic E-state index is 11.1. The van der Waals surface area contributed by atoms with Gasteiger partial charge in [0.05, 0.1) is 4.92 Å². The number of aromatic nitrogens is 2. The molecule has 0 radical (unpaired) electrons. The molecule has 9 nitrogen and oxygen atoms in total. The van der Waals surface area contributed by atoms with Gasteiger partial charge in [-0.15, -0.1) is 0 Å². The number of benzene rings is 1. The highest BCUT2D eigenvalue weighted by molar-refractivity contribution is 5.68. The van der Waals surface area contributed by atoms with Crippen molar-refractivity contribution in [1.82, 2.24) is 9.97 Å². The molecule has 9 heteroatoms. The van der Waals surface area contributed by atoms with E-state index in [-0.39, 0.29) is 17.4 Å². The minimum absolute atomic E-state index is 0.118. The second-order valence-corrected chi connectivity index (χ2v) is 6.44. The zero-order valence-electron chi connectivity index (χ0n) is 14.7. The summed E-state index contributed by atoms with van der Waals surface area (Å²) < 4.78 is 0. The van der Waals surface area contributed by atoms with Gasteiger partial charge in [0, 0.05) is 42.6 Å². The summed E-state index contributed by atoms with van der Waals surface area (Å²) in [6, 6.07) is 6.69. The lowest BCUT2D eigenvalue weighted by Crippen LogP contribution is -2.27. The lowest BCUT2D eigenvalue weighted by molar-refractivity contribution is -0.383. The number of rotatable bonds is 6. The summed E-state index contributed by atoms with van der Waals surface area (Å²) in [4.78, 5) is 21.8. The first-order valence-electron chi connectivity index (χ1n) is 8.65. The van der Waals surface area contributed by atoms with E-state index in [1.54, 1.807) is 6.07 Å². The fourth-order valence-electron chi connectivity index (χ4n) is 2.99. The molecule has 1 fully saturated rings. The Hall–Kier alpha value is -2.94. The molecule has 1 aromatic carbocycles. The average molecular weight is 357 g/mol. The van der Waals surface area contributed by atoms with Crippen LogP contribution in [0.5, 0.6) is 0 Å². The van der Waals surface area contributed by atoms with E-state index in [2.05, 4.69) is 27.1 Å². The van der Waals surface area contributed by atoms with Crippen molar-refractivity contribution in [3.05, 3.63) is 40.1 Å². The quantitative estimate of drug-likeness (QED) is 0.406. The molecule has 3 rings (SSSR count). The second-order valence-electron chi connectivity index (χ2n) is 6.44. The Kier molecular flexibility index (Phi) is 5.17. The Morgan fingerprint density at radius 3 is 2.85 bits per heavy atom. The average Bonchev–Trinajstić information content (AvgIpc) is 3.03. The second kappa shape index (κ2) is 7.52. The molecule has 0 saturated carbocycles. The number of nitrogen functional groups attached to an aromatic ring is 1. The van der Waals surface area contributed by atoms with Crippen LogP contribution in [0.4, 0.5) is 28.8 Å². The first kappa shape index (κ1) is 17.9. The number of nitro benzene ring substituents is 1. The highest BCUT2D eigenvalue weighted by atomic mass is 16.6. The van der Waals surface area contributed by atoms with E-state index in [0.29, 0.717) is 11.6 Å². The number of aryl methyl sites for hydroxylation is 1. The van der Waals surface area contributed by atoms with Gasteiger partial charge in [-0.2, -0.15) is 4.98 Å². The molecule has 1 unspecified atom stereocenters. The van der Waals surface area contributed by atoms with E-state index in [1.165, 1.54) is 12.1 Å². The molecule has 0 aliphatic carbocycles. The molecule has 1 atom stereocenters. The Bertz CT molecular complexity index is 812. The fraction of sp³-hybridized carbons (Fsp3) is 0.412. The Balaban J connectivity index is 1.90. The molecule has 0 bridgehead atoms. The first-order chi connectivity index (χ1) is 12.5. The molecule has 0 amide bonds. The number of anilines is 4.